The van der Waals surface area contributed by atoms with E-state index in [4.69, 9.17) is 4.52 Å². The van der Waals surface area contributed by atoms with Gasteiger partial charge in [-0.05, 0) is 18.1 Å². The van der Waals surface area contributed by atoms with Crippen molar-refractivity contribution in [2.24, 2.45) is 0 Å². The third-order valence-electron chi connectivity index (χ3n) is 4.20. The van der Waals surface area contributed by atoms with Gasteiger partial charge in [-0.1, -0.05) is 35.5 Å². The Morgan fingerprint density at radius 3 is 2.72 bits per heavy atom. The number of carbonyl (C=O) groups is 1. The van der Waals surface area contributed by atoms with Gasteiger partial charge in [0.2, 0.25) is 0 Å². The zero-order chi connectivity index (χ0) is 17.4. The first-order valence-electron chi connectivity index (χ1n) is 7.75. The van der Waals surface area contributed by atoms with Crippen molar-refractivity contribution in [2.45, 2.75) is 6.42 Å². The van der Waals surface area contributed by atoms with Gasteiger partial charge in [0.25, 0.3) is 11.6 Å². The first kappa shape index (κ1) is 15.1. The molecule has 1 aromatic heterocycles. The molecule has 3 aromatic rings. The lowest BCUT2D eigenvalue weighted by atomic mass is 10.1. The highest BCUT2D eigenvalue weighted by Crippen LogP contribution is 2.32. The molecular formula is C18H13N3O4. The van der Waals surface area contributed by atoms with Crippen molar-refractivity contribution in [3.63, 3.8) is 0 Å². The van der Waals surface area contributed by atoms with Crippen molar-refractivity contribution >= 4 is 17.3 Å². The maximum atomic E-state index is 12.7. The number of aromatic nitrogens is 1. The lowest BCUT2D eigenvalue weighted by Gasteiger charge is -2.15. The van der Waals surface area contributed by atoms with E-state index in [9.17, 15) is 14.9 Å². The maximum Gasteiger partial charge on any atom is 0.280 e. The van der Waals surface area contributed by atoms with Crippen LogP contribution < -0.4 is 4.90 Å². The Morgan fingerprint density at radius 2 is 1.96 bits per heavy atom. The molecule has 1 aliphatic heterocycles. The standard InChI is InChI=1S/C18H13N3O4/c22-18(15-11-17(25-19-15)12-4-2-1-3-5-12)20-9-8-13-10-14(21(23)24)6-7-16(13)20/h1-7,10-11H,8-9H2. The van der Waals surface area contributed by atoms with Crippen LogP contribution >= 0.6 is 0 Å². The van der Waals surface area contributed by atoms with Gasteiger partial charge in [-0.25, -0.2) is 0 Å². The Hall–Kier alpha value is -3.48. The lowest BCUT2D eigenvalue weighted by Crippen LogP contribution is -2.29. The van der Waals surface area contributed by atoms with Crippen LogP contribution in [-0.4, -0.2) is 22.5 Å². The Morgan fingerprint density at radius 1 is 1.16 bits per heavy atom. The SMILES string of the molecule is O=C(c1cc(-c2ccccc2)on1)N1CCc2cc([N+](=O)[O-])ccc21. The topological polar surface area (TPSA) is 89.5 Å². The number of rotatable bonds is 3. The minimum Gasteiger partial charge on any atom is -0.355 e. The van der Waals surface area contributed by atoms with E-state index in [0.29, 0.717) is 24.4 Å². The molecule has 7 heteroatoms. The molecule has 1 amide bonds. The molecule has 0 N–H and O–H groups in total. The molecule has 1 aliphatic rings. The number of hydrogen-bond acceptors (Lipinski definition) is 5. The van der Waals surface area contributed by atoms with Gasteiger partial charge in [-0.3, -0.25) is 14.9 Å². The van der Waals surface area contributed by atoms with Crippen molar-refractivity contribution < 1.29 is 14.2 Å². The Bertz CT molecular complexity index is 965. The van der Waals surface area contributed by atoms with Gasteiger partial charge in [0.05, 0.1) is 4.92 Å². The summed E-state index contributed by atoms with van der Waals surface area (Å²) < 4.78 is 5.28. The van der Waals surface area contributed by atoms with Gasteiger partial charge in [0.15, 0.2) is 11.5 Å². The highest BCUT2D eigenvalue weighted by molar-refractivity contribution is 6.06. The number of hydrogen-bond donors (Lipinski definition) is 0. The van der Waals surface area contributed by atoms with E-state index in [1.165, 1.54) is 12.1 Å². The van der Waals surface area contributed by atoms with Gasteiger partial charge in [0, 0.05) is 36.0 Å². The van der Waals surface area contributed by atoms with Crippen molar-refractivity contribution in [3.05, 3.63) is 76.0 Å². The van der Waals surface area contributed by atoms with E-state index in [1.54, 1.807) is 17.0 Å². The molecule has 124 valence electrons. The predicted octanol–water partition coefficient (Wildman–Crippen LogP) is 3.45. The summed E-state index contributed by atoms with van der Waals surface area (Å²) >= 11 is 0. The predicted molar refractivity (Wildman–Crippen MR) is 90.4 cm³/mol. The van der Waals surface area contributed by atoms with Crippen molar-refractivity contribution in [3.8, 4) is 11.3 Å². The highest BCUT2D eigenvalue weighted by atomic mass is 16.6. The molecule has 0 radical (unpaired) electrons. The van der Waals surface area contributed by atoms with Crippen LogP contribution in [0.15, 0.2) is 59.1 Å². The van der Waals surface area contributed by atoms with Gasteiger partial charge in [0.1, 0.15) is 0 Å². The normalized spacial score (nSPS) is 12.9. The summed E-state index contributed by atoms with van der Waals surface area (Å²) in [6.45, 7) is 0.461. The first-order valence-corrected chi connectivity index (χ1v) is 7.75. The monoisotopic (exact) mass is 335 g/mol. The molecule has 0 unspecified atom stereocenters. The summed E-state index contributed by atoms with van der Waals surface area (Å²) in [5, 5.41) is 14.8. The number of nitrogens with zero attached hydrogens (tertiary/aromatic N) is 3. The second-order valence-electron chi connectivity index (χ2n) is 5.72. The number of anilines is 1. The second kappa shape index (κ2) is 5.86. The summed E-state index contributed by atoms with van der Waals surface area (Å²) in [6.07, 6.45) is 0.576. The molecule has 0 saturated carbocycles. The third-order valence-corrected chi connectivity index (χ3v) is 4.20. The fraction of sp³-hybridized carbons (Fsp3) is 0.111. The number of fused-ring (bicyclic) bond motifs is 1. The number of amides is 1. The summed E-state index contributed by atoms with van der Waals surface area (Å²) in [4.78, 5) is 24.8. The van der Waals surface area contributed by atoms with E-state index in [1.807, 2.05) is 30.3 Å². The Balaban J connectivity index is 1.62. The number of non-ortho nitro benzene ring substituents is 1. The third kappa shape index (κ3) is 2.65. The van der Waals surface area contributed by atoms with Crippen LogP contribution in [0.1, 0.15) is 16.1 Å². The zero-order valence-electron chi connectivity index (χ0n) is 13.1. The van der Waals surface area contributed by atoms with Crippen molar-refractivity contribution in [1.82, 2.24) is 5.16 Å². The average Bonchev–Trinajstić information content (AvgIpc) is 3.28. The Kier molecular flexibility index (Phi) is 3.53. The molecule has 4 rings (SSSR count). The minimum atomic E-state index is -0.436. The van der Waals surface area contributed by atoms with Gasteiger partial charge < -0.3 is 9.42 Å². The summed E-state index contributed by atoms with van der Waals surface area (Å²) in [5.74, 6) is 0.241. The van der Waals surface area contributed by atoms with Gasteiger partial charge >= 0.3 is 0 Å². The molecule has 0 fully saturated rings. The van der Waals surface area contributed by atoms with Crippen LogP contribution in [0.2, 0.25) is 0 Å². The molecule has 0 aliphatic carbocycles. The van der Waals surface area contributed by atoms with Crippen LogP contribution in [0, 0.1) is 10.1 Å². The minimum absolute atomic E-state index is 0.0286. The Labute approximate surface area is 142 Å². The molecule has 7 nitrogen and oxygen atoms in total. The number of nitro benzene ring substituents is 1. The second-order valence-corrected chi connectivity index (χ2v) is 5.72. The van der Waals surface area contributed by atoms with E-state index in [2.05, 4.69) is 5.16 Å². The van der Waals surface area contributed by atoms with Crippen LogP contribution in [0.5, 0.6) is 0 Å². The molecule has 2 heterocycles. The quantitative estimate of drug-likeness (QED) is 0.540. The summed E-state index contributed by atoms with van der Waals surface area (Å²) in [5.41, 5.74) is 2.55. The molecule has 0 saturated heterocycles. The van der Waals surface area contributed by atoms with Crippen LogP contribution in [-0.2, 0) is 6.42 Å². The first-order chi connectivity index (χ1) is 12.1. The van der Waals surface area contributed by atoms with E-state index < -0.39 is 4.92 Å². The van der Waals surface area contributed by atoms with Crippen LogP contribution in [0.4, 0.5) is 11.4 Å². The van der Waals surface area contributed by atoms with E-state index in [-0.39, 0.29) is 17.3 Å². The van der Waals surface area contributed by atoms with Gasteiger partial charge in [-0.15, -0.1) is 0 Å². The molecule has 0 spiro atoms. The number of nitro groups is 1. The lowest BCUT2D eigenvalue weighted by molar-refractivity contribution is -0.384. The summed E-state index contributed by atoms with van der Waals surface area (Å²) in [7, 11) is 0. The smallest absolute Gasteiger partial charge is 0.280 e. The largest absolute Gasteiger partial charge is 0.355 e. The van der Waals surface area contributed by atoms with Crippen LogP contribution in [0.3, 0.4) is 0 Å². The van der Waals surface area contributed by atoms with Crippen LogP contribution in [0.25, 0.3) is 11.3 Å². The van der Waals surface area contributed by atoms with Crippen molar-refractivity contribution in [1.29, 1.82) is 0 Å². The van der Waals surface area contributed by atoms with Crippen molar-refractivity contribution in [2.75, 3.05) is 11.4 Å². The van der Waals surface area contributed by atoms with E-state index in [0.717, 1.165) is 11.1 Å². The average molecular weight is 335 g/mol. The molecule has 0 atom stereocenters. The molecule has 25 heavy (non-hydrogen) atoms. The summed E-state index contributed by atoms with van der Waals surface area (Å²) in [6, 6.07) is 15.5. The zero-order valence-corrected chi connectivity index (χ0v) is 13.1. The molecular weight excluding hydrogens is 322 g/mol. The molecule has 0 bridgehead atoms. The van der Waals surface area contributed by atoms with Gasteiger partial charge in [-0.2, -0.15) is 0 Å². The van der Waals surface area contributed by atoms with E-state index >= 15 is 0 Å². The fourth-order valence-electron chi connectivity index (χ4n) is 2.97. The molecule has 2 aromatic carbocycles. The number of benzene rings is 2. The maximum absolute atomic E-state index is 12.7. The number of carbonyl (C=O) groups excluding carboxylic acids is 1. The highest BCUT2D eigenvalue weighted by Gasteiger charge is 2.29. The fourth-order valence-corrected chi connectivity index (χ4v) is 2.97.